The highest BCUT2D eigenvalue weighted by molar-refractivity contribution is 5.91. The zero-order valence-corrected chi connectivity index (χ0v) is 8.31. The molecule has 1 amide bonds. The van der Waals surface area contributed by atoms with Crippen LogP contribution in [0.1, 0.15) is 27.2 Å². The first-order valence-corrected chi connectivity index (χ1v) is 4.28. The standard InChI is InChI=1S/C5H9NO.C4H11N/c1-3-4(2)5(6)7;1-3-5-4-2/h2-3H2,1H3,(H2,6,7);5H,3-4H2,1-2H3. The van der Waals surface area contributed by atoms with Crippen molar-refractivity contribution in [1.82, 2.24) is 5.32 Å². The van der Waals surface area contributed by atoms with Crippen LogP contribution in [0.4, 0.5) is 0 Å². The fourth-order valence-electron chi connectivity index (χ4n) is 0.424. The van der Waals surface area contributed by atoms with E-state index in [1.807, 2.05) is 6.92 Å². The molecule has 12 heavy (non-hydrogen) atoms. The van der Waals surface area contributed by atoms with Gasteiger partial charge in [0.1, 0.15) is 0 Å². The first-order valence-electron chi connectivity index (χ1n) is 4.28. The fourth-order valence-corrected chi connectivity index (χ4v) is 0.424. The van der Waals surface area contributed by atoms with Gasteiger partial charge in [-0.05, 0) is 19.5 Å². The molecule has 0 bridgehead atoms. The van der Waals surface area contributed by atoms with Crippen LogP contribution in [0.2, 0.25) is 0 Å². The number of primary amides is 1. The molecular weight excluding hydrogens is 152 g/mol. The van der Waals surface area contributed by atoms with Crippen molar-refractivity contribution < 1.29 is 4.79 Å². The molecule has 72 valence electrons. The predicted octanol–water partition coefficient (Wildman–Crippen LogP) is 1.05. The van der Waals surface area contributed by atoms with Crippen molar-refractivity contribution in [3.8, 4) is 0 Å². The van der Waals surface area contributed by atoms with Gasteiger partial charge in [-0.1, -0.05) is 27.4 Å². The first kappa shape index (κ1) is 13.7. The molecule has 0 atom stereocenters. The maximum absolute atomic E-state index is 10.1. The molecule has 0 saturated heterocycles. The van der Waals surface area contributed by atoms with Crippen LogP contribution in [0.3, 0.4) is 0 Å². The van der Waals surface area contributed by atoms with Gasteiger partial charge < -0.3 is 11.1 Å². The summed E-state index contributed by atoms with van der Waals surface area (Å²) >= 11 is 0. The van der Waals surface area contributed by atoms with Crippen molar-refractivity contribution in [3.63, 3.8) is 0 Å². The summed E-state index contributed by atoms with van der Waals surface area (Å²) in [6.07, 6.45) is 0.648. The second-order valence-electron chi connectivity index (χ2n) is 2.28. The lowest BCUT2D eigenvalue weighted by Crippen LogP contribution is -2.11. The summed E-state index contributed by atoms with van der Waals surface area (Å²) in [6.45, 7) is 11.6. The Morgan fingerprint density at radius 2 is 1.75 bits per heavy atom. The monoisotopic (exact) mass is 172 g/mol. The molecule has 0 aromatic heterocycles. The summed E-state index contributed by atoms with van der Waals surface area (Å²) in [5.41, 5.74) is 5.29. The average molecular weight is 172 g/mol. The maximum atomic E-state index is 10.1. The van der Waals surface area contributed by atoms with Gasteiger partial charge in [0.25, 0.3) is 0 Å². The molecule has 3 nitrogen and oxygen atoms in total. The van der Waals surface area contributed by atoms with Crippen molar-refractivity contribution in [2.75, 3.05) is 13.1 Å². The molecule has 0 aromatic carbocycles. The lowest BCUT2D eigenvalue weighted by molar-refractivity contribution is -0.114. The molecule has 0 radical (unpaired) electrons. The van der Waals surface area contributed by atoms with E-state index in [4.69, 9.17) is 5.73 Å². The number of amides is 1. The number of hydrogen-bond acceptors (Lipinski definition) is 2. The Morgan fingerprint density at radius 1 is 1.33 bits per heavy atom. The summed E-state index contributed by atoms with van der Waals surface area (Å²) < 4.78 is 0. The highest BCUT2D eigenvalue weighted by Gasteiger charge is 1.93. The molecule has 0 unspecified atom stereocenters. The van der Waals surface area contributed by atoms with E-state index < -0.39 is 5.91 Å². The van der Waals surface area contributed by atoms with Gasteiger partial charge in [-0.2, -0.15) is 0 Å². The van der Waals surface area contributed by atoms with E-state index >= 15 is 0 Å². The molecule has 0 aliphatic rings. The first-order chi connectivity index (χ1) is 5.59. The Kier molecular flexibility index (Phi) is 11.6. The summed E-state index contributed by atoms with van der Waals surface area (Å²) in [5, 5.41) is 3.11. The quantitative estimate of drug-likeness (QED) is 0.623. The highest BCUT2D eigenvalue weighted by atomic mass is 16.1. The number of rotatable bonds is 4. The minimum Gasteiger partial charge on any atom is -0.366 e. The van der Waals surface area contributed by atoms with Crippen molar-refractivity contribution in [2.45, 2.75) is 27.2 Å². The summed E-state index contributed by atoms with van der Waals surface area (Å²) in [4.78, 5) is 10.1. The van der Waals surface area contributed by atoms with Crippen molar-refractivity contribution >= 4 is 5.91 Å². The molecule has 0 spiro atoms. The van der Waals surface area contributed by atoms with Gasteiger partial charge in [0.15, 0.2) is 0 Å². The Morgan fingerprint density at radius 3 is 1.75 bits per heavy atom. The lowest BCUT2D eigenvalue weighted by atomic mass is 10.2. The molecule has 0 aliphatic heterocycles. The van der Waals surface area contributed by atoms with Gasteiger partial charge in [-0.25, -0.2) is 0 Å². The van der Waals surface area contributed by atoms with E-state index in [1.165, 1.54) is 0 Å². The predicted molar refractivity (Wildman–Crippen MR) is 52.8 cm³/mol. The van der Waals surface area contributed by atoms with Gasteiger partial charge in [0, 0.05) is 5.57 Å². The van der Waals surface area contributed by atoms with Gasteiger partial charge in [0.05, 0.1) is 0 Å². The third-order valence-corrected chi connectivity index (χ3v) is 1.28. The van der Waals surface area contributed by atoms with Crippen molar-refractivity contribution in [3.05, 3.63) is 12.2 Å². The van der Waals surface area contributed by atoms with Crippen LogP contribution in [0.15, 0.2) is 12.2 Å². The summed E-state index contributed by atoms with van der Waals surface area (Å²) in [6, 6.07) is 0. The van der Waals surface area contributed by atoms with E-state index in [0.29, 0.717) is 12.0 Å². The lowest BCUT2D eigenvalue weighted by Gasteiger charge is -1.89. The second kappa shape index (κ2) is 10.2. The fraction of sp³-hybridized carbons (Fsp3) is 0.667. The summed E-state index contributed by atoms with van der Waals surface area (Å²) in [7, 11) is 0. The van der Waals surface area contributed by atoms with Crippen LogP contribution in [0.25, 0.3) is 0 Å². The van der Waals surface area contributed by atoms with E-state index in [2.05, 4.69) is 25.7 Å². The van der Waals surface area contributed by atoms with Crippen molar-refractivity contribution in [1.29, 1.82) is 0 Å². The van der Waals surface area contributed by atoms with Crippen LogP contribution >= 0.6 is 0 Å². The number of hydrogen-bond donors (Lipinski definition) is 2. The SMILES string of the molecule is C=C(CC)C(N)=O.CCNCC. The van der Waals surface area contributed by atoms with Crippen LogP contribution < -0.4 is 11.1 Å². The minimum atomic E-state index is -0.400. The third kappa shape index (κ3) is 11.9. The van der Waals surface area contributed by atoms with Gasteiger partial charge in [-0.15, -0.1) is 0 Å². The molecule has 0 fully saturated rings. The van der Waals surface area contributed by atoms with Crippen LogP contribution in [-0.4, -0.2) is 19.0 Å². The second-order valence-corrected chi connectivity index (χ2v) is 2.28. The number of carbonyl (C=O) groups is 1. The zero-order valence-electron chi connectivity index (χ0n) is 8.31. The molecule has 3 heteroatoms. The topological polar surface area (TPSA) is 55.1 Å². The van der Waals surface area contributed by atoms with Gasteiger partial charge in [-0.3, -0.25) is 4.79 Å². The van der Waals surface area contributed by atoms with Gasteiger partial charge >= 0.3 is 0 Å². The van der Waals surface area contributed by atoms with E-state index in [9.17, 15) is 4.79 Å². The largest absolute Gasteiger partial charge is 0.366 e. The Hall–Kier alpha value is -0.830. The van der Waals surface area contributed by atoms with E-state index in [1.54, 1.807) is 0 Å². The Bertz CT molecular complexity index is 130. The van der Waals surface area contributed by atoms with Gasteiger partial charge in [0.2, 0.25) is 5.91 Å². The molecule has 0 rings (SSSR count). The molecule has 0 aromatic rings. The van der Waals surface area contributed by atoms with E-state index in [0.717, 1.165) is 13.1 Å². The summed E-state index contributed by atoms with van der Waals surface area (Å²) in [5.74, 6) is -0.400. The molecule has 0 heterocycles. The van der Waals surface area contributed by atoms with Crippen LogP contribution in [-0.2, 0) is 4.79 Å². The Labute approximate surface area is 75.0 Å². The van der Waals surface area contributed by atoms with E-state index in [-0.39, 0.29) is 0 Å². The van der Waals surface area contributed by atoms with Crippen LogP contribution in [0.5, 0.6) is 0 Å². The maximum Gasteiger partial charge on any atom is 0.244 e. The molecule has 3 N–H and O–H groups in total. The third-order valence-electron chi connectivity index (χ3n) is 1.28. The zero-order chi connectivity index (χ0) is 9.98. The molecular formula is C9H20N2O. The number of carbonyl (C=O) groups excluding carboxylic acids is 1. The number of nitrogens with two attached hydrogens (primary N) is 1. The minimum absolute atomic E-state index is 0.400. The normalized spacial score (nSPS) is 8.25. The number of nitrogens with one attached hydrogen (secondary N) is 1. The molecule has 0 saturated carbocycles. The van der Waals surface area contributed by atoms with Crippen LogP contribution in [0, 0.1) is 0 Å². The van der Waals surface area contributed by atoms with Crippen molar-refractivity contribution in [2.24, 2.45) is 5.73 Å². The highest BCUT2D eigenvalue weighted by Crippen LogP contribution is 1.91. The molecule has 0 aliphatic carbocycles. The smallest absolute Gasteiger partial charge is 0.244 e. The average Bonchev–Trinajstić information content (AvgIpc) is 2.05. The Balaban J connectivity index is 0.